The summed E-state index contributed by atoms with van der Waals surface area (Å²) in [5.41, 5.74) is 3.27. The predicted octanol–water partition coefficient (Wildman–Crippen LogP) is 4.86. The van der Waals surface area contributed by atoms with Crippen molar-refractivity contribution < 1.29 is 4.79 Å². The molecule has 1 aromatic heterocycles. The number of likely N-dealkylation sites (N-methyl/N-ethyl adjacent to an activating group) is 1. The Hall–Kier alpha value is -2.14. The Balaban J connectivity index is 1.51. The third-order valence-electron chi connectivity index (χ3n) is 7.02. The van der Waals surface area contributed by atoms with Crippen LogP contribution in [0, 0.1) is 5.92 Å². The van der Waals surface area contributed by atoms with Crippen LogP contribution in [0.1, 0.15) is 63.9 Å². The molecule has 5 nitrogen and oxygen atoms in total. The molecule has 0 unspecified atom stereocenters. The van der Waals surface area contributed by atoms with Gasteiger partial charge in [0.15, 0.2) is 0 Å². The molecule has 2 aliphatic rings. The van der Waals surface area contributed by atoms with Crippen molar-refractivity contribution in [3.8, 4) is 11.3 Å². The molecule has 162 valence electrons. The summed E-state index contributed by atoms with van der Waals surface area (Å²) < 4.78 is 0. The van der Waals surface area contributed by atoms with Crippen LogP contribution in [-0.2, 0) is 11.3 Å². The molecule has 2 heterocycles. The Morgan fingerprint density at radius 1 is 1.13 bits per heavy atom. The average molecular weight is 409 g/mol. The number of H-pyrrole nitrogens is 1. The maximum atomic E-state index is 13.4. The zero-order valence-corrected chi connectivity index (χ0v) is 18.4. The van der Waals surface area contributed by atoms with Gasteiger partial charge in [-0.2, -0.15) is 5.10 Å². The zero-order valence-electron chi connectivity index (χ0n) is 18.4. The number of carbonyl (C=O) groups is 1. The van der Waals surface area contributed by atoms with Crippen LogP contribution in [0.2, 0.25) is 0 Å². The summed E-state index contributed by atoms with van der Waals surface area (Å²) in [6, 6.07) is 10.8. The van der Waals surface area contributed by atoms with Gasteiger partial charge in [-0.05, 0) is 50.3 Å². The molecule has 0 spiro atoms. The molecule has 1 saturated heterocycles. The van der Waals surface area contributed by atoms with E-state index in [0.717, 1.165) is 36.5 Å². The lowest BCUT2D eigenvalue weighted by molar-refractivity contribution is -0.133. The largest absolute Gasteiger partial charge is 0.337 e. The number of hydrogen-bond donors (Lipinski definition) is 1. The lowest BCUT2D eigenvalue weighted by Crippen LogP contribution is -2.43. The first-order valence-corrected chi connectivity index (χ1v) is 11.8. The third-order valence-corrected chi connectivity index (χ3v) is 7.02. The van der Waals surface area contributed by atoms with Crippen LogP contribution in [0.5, 0.6) is 0 Å². The number of hydrogen-bond acceptors (Lipinski definition) is 3. The molecule has 2 fully saturated rings. The highest BCUT2D eigenvalue weighted by Gasteiger charge is 2.29. The van der Waals surface area contributed by atoms with Crippen molar-refractivity contribution >= 4 is 5.91 Å². The summed E-state index contributed by atoms with van der Waals surface area (Å²) >= 11 is 0. The first kappa shape index (κ1) is 21.1. The SMILES string of the molecule is CCN1CCC[C@@H]1CN(Cc1cn[nH]c1-c1ccccc1)C(=O)CC1CCCCC1. The summed E-state index contributed by atoms with van der Waals surface area (Å²) in [7, 11) is 0. The fourth-order valence-electron chi connectivity index (χ4n) is 5.29. The maximum absolute atomic E-state index is 13.4. The monoisotopic (exact) mass is 408 g/mol. The number of amides is 1. The van der Waals surface area contributed by atoms with Crippen LogP contribution >= 0.6 is 0 Å². The van der Waals surface area contributed by atoms with Gasteiger partial charge in [0.05, 0.1) is 11.9 Å². The molecule has 5 heteroatoms. The summed E-state index contributed by atoms with van der Waals surface area (Å²) in [6.45, 7) is 5.93. The molecule has 2 aromatic rings. The van der Waals surface area contributed by atoms with Gasteiger partial charge in [-0.15, -0.1) is 0 Å². The van der Waals surface area contributed by atoms with E-state index in [2.05, 4.69) is 39.1 Å². The number of nitrogens with zero attached hydrogens (tertiary/aromatic N) is 3. The lowest BCUT2D eigenvalue weighted by Gasteiger charge is -2.32. The lowest BCUT2D eigenvalue weighted by atomic mass is 9.86. The average Bonchev–Trinajstić information content (AvgIpc) is 3.43. The second-order valence-electron chi connectivity index (χ2n) is 9.04. The van der Waals surface area contributed by atoms with E-state index < -0.39 is 0 Å². The maximum Gasteiger partial charge on any atom is 0.223 e. The Morgan fingerprint density at radius 2 is 1.93 bits per heavy atom. The standard InChI is InChI=1S/C25H36N4O/c1-2-28-15-9-14-23(28)19-29(24(30)16-20-10-5-3-6-11-20)18-22-17-26-27-25(22)21-12-7-4-8-13-21/h4,7-8,12-13,17,20,23H,2-3,5-6,9-11,14-16,18-19H2,1H3,(H,26,27)/t23-/m1/s1. The highest BCUT2D eigenvalue weighted by Crippen LogP contribution is 2.29. The number of carbonyl (C=O) groups excluding carboxylic acids is 1. The van der Waals surface area contributed by atoms with E-state index in [9.17, 15) is 4.79 Å². The number of aromatic nitrogens is 2. The van der Waals surface area contributed by atoms with Crippen molar-refractivity contribution in [3.63, 3.8) is 0 Å². The molecule has 4 rings (SSSR count). The summed E-state index contributed by atoms with van der Waals surface area (Å²) in [5.74, 6) is 0.891. The second kappa shape index (κ2) is 10.3. The third kappa shape index (κ3) is 5.12. The van der Waals surface area contributed by atoms with Gasteiger partial charge < -0.3 is 4.90 Å². The number of nitrogens with one attached hydrogen (secondary N) is 1. The molecule has 0 radical (unpaired) electrons. The van der Waals surface area contributed by atoms with Gasteiger partial charge in [0.2, 0.25) is 5.91 Å². The van der Waals surface area contributed by atoms with Gasteiger partial charge in [0, 0.05) is 31.1 Å². The van der Waals surface area contributed by atoms with Gasteiger partial charge in [-0.3, -0.25) is 14.8 Å². The molecule has 1 aliphatic heterocycles. The Labute approximate surface area is 180 Å². The molecule has 0 bridgehead atoms. The van der Waals surface area contributed by atoms with E-state index in [1.807, 2.05) is 24.4 Å². The van der Waals surface area contributed by atoms with E-state index in [4.69, 9.17) is 0 Å². The molecule has 1 aliphatic carbocycles. The fraction of sp³-hybridized carbons (Fsp3) is 0.600. The van der Waals surface area contributed by atoms with E-state index >= 15 is 0 Å². The second-order valence-corrected chi connectivity index (χ2v) is 9.04. The zero-order chi connectivity index (χ0) is 20.8. The van der Waals surface area contributed by atoms with Gasteiger partial charge >= 0.3 is 0 Å². The first-order valence-electron chi connectivity index (χ1n) is 11.8. The highest BCUT2D eigenvalue weighted by molar-refractivity contribution is 5.77. The number of aromatic amines is 1. The molecule has 1 aromatic carbocycles. The van der Waals surface area contributed by atoms with Crippen LogP contribution in [0.4, 0.5) is 0 Å². The van der Waals surface area contributed by atoms with Gasteiger partial charge in [0.1, 0.15) is 0 Å². The minimum absolute atomic E-state index is 0.324. The summed E-state index contributed by atoms with van der Waals surface area (Å²) in [5, 5.41) is 7.48. The molecule has 1 atom stereocenters. The molecular weight excluding hydrogens is 372 g/mol. The Bertz CT molecular complexity index is 796. The van der Waals surface area contributed by atoms with Crippen molar-refractivity contribution in [1.82, 2.24) is 20.0 Å². The Morgan fingerprint density at radius 3 is 2.70 bits per heavy atom. The molecule has 1 N–H and O–H groups in total. The number of benzene rings is 1. The van der Waals surface area contributed by atoms with Crippen LogP contribution in [0.3, 0.4) is 0 Å². The molecular formula is C25H36N4O. The van der Waals surface area contributed by atoms with E-state index in [0.29, 0.717) is 30.8 Å². The van der Waals surface area contributed by atoms with Crippen LogP contribution in [0.25, 0.3) is 11.3 Å². The fourth-order valence-corrected chi connectivity index (χ4v) is 5.29. The number of likely N-dealkylation sites (tertiary alicyclic amines) is 1. The smallest absolute Gasteiger partial charge is 0.223 e. The van der Waals surface area contributed by atoms with Crippen molar-refractivity contribution in [1.29, 1.82) is 0 Å². The molecule has 1 amide bonds. The number of rotatable bonds is 8. The molecule has 30 heavy (non-hydrogen) atoms. The van der Waals surface area contributed by atoms with Crippen molar-refractivity contribution in [2.24, 2.45) is 5.92 Å². The summed E-state index contributed by atoms with van der Waals surface area (Å²) in [6.07, 6.45) is 11.4. The predicted molar refractivity (Wildman–Crippen MR) is 121 cm³/mol. The van der Waals surface area contributed by atoms with Gasteiger partial charge in [0.25, 0.3) is 0 Å². The highest BCUT2D eigenvalue weighted by atomic mass is 16.2. The minimum atomic E-state index is 0.324. The van der Waals surface area contributed by atoms with Crippen molar-refractivity contribution in [2.75, 3.05) is 19.6 Å². The topological polar surface area (TPSA) is 52.2 Å². The van der Waals surface area contributed by atoms with Crippen molar-refractivity contribution in [3.05, 3.63) is 42.1 Å². The Kier molecular flexibility index (Phi) is 7.21. The van der Waals surface area contributed by atoms with E-state index in [1.165, 1.54) is 44.9 Å². The van der Waals surface area contributed by atoms with Crippen molar-refractivity contribution in [2.45, 2.75) is 70.9 Å². The summed E-state index contributed by atoms with van der Waals surface area (Å²) in [4.78, 5) is 18.1. The van der Waals surface area contributed by atoms with E-state index in [1.54, 1.807) is 0 Å². The first-order chi connectivity index (χ1) is 14.7. The van der Waals surface area contributed by atoms with E-state index in [-0.39, 0.29) is 0 Å². The van der Waals surface area contributed by atoms with Crippen LogP contribution in [0.15, 0.2) is 36.5 Å². The minimum Gasteiger partial charge on any atom is -0.337 e. The quantitative estimate of drug-likeness (QED) is 0.679. The molecule has 1 saturated carbocycles. The van der Waals surface area contributed by atoms with Gasteiger partial charge in [-0.25, -0.2) is 0 Å². The van der Waals surface area contributed by atoms with Crippen LogP contribution < -0.4 is 0 Å². The van der Waals surface area contributed by atoms with Crippen LogP contribution in [-0.4, -0.2) is 51.6 Å². The normalized spacial score (nSPS) is 20.5. The van der Waals surface area contributed by atoms with Gasteiger partial charge in [-0.1, -0.05) is 56.5 Å².